The molecule has 1 saturated heterocycles. The number of hydrogen-bond donors (Lipinski definition) is 2. The molecule has 0 unspecified atom stereocenters. The number of likely N-dealkylation sites (tertiary alicyclic amines) is 1. The Bertz CT molecular complexity index is 624. The zero-order valence-corrected chi connectivity index (χ0v) is 17.7. The molecule has 4 nitrogen and oxygen atoms in total. The van der Waals surface area contributed by atoms with E-state index in [9.17, 15) is 10.3 Å². The van der Waals surface area contributed by atoms with Crippen molar-refractivity contribution < 1.29 is 10.3 Å². The van der Waals surface area contributed by atoms with Crippen LogP contribution < -0.4 is 0 Å². The summed E-state index contributed by atoms with van der Waals surface area (Å²) < 4.78 is 0. The number of aliphatic hydroxyl groups is 1. The van der Waals surface area contributed by atoms with Crippen molar-refractivity contribution in [2.45, 2.75) is 88.7 Å². The SMILES string of the molecule is O/N=C1\CCCCCCCCCC[C@@H]1N1CCC(O)(c2ccc(Cl)cc2)CC1. The highest BCUT2D eigenvalue weighted by Gasteiger charge is 2.37. The first kappa shape index (κ1) is 21.6. The lowest BCUT2D eigenvalue weighted by Gasteiger charge is -2.42. The fraction of sp³-hybridized carbons (Fsp3) is 0.696. The molecular formula is C23H35ClN2O2. The van der Waals surface area contributed by atoms with Gasteiger partial charge in [-0.05, 0) is 49.8 Å². The summed E-state index contributed by atoms with van der Waals surface area (Å²) in [5, 5.41) is 25.3. The molecule has 0 radical (unpaired) electrons. The molecule has 2 fully saturated rings. The maximum absolute atomic E-state index is 11.2. The molecule has 2 N–H and O–H groups in total. The van der Waals surface area contributed by atoms with Crippen LogP contribution in [0.15, 0.2) is 29.4 Å². The lowest BCUT2D eigenvalue weighted by atomic mass is 9.83. The molecular weight excluding hydrogens is 372 g/mol. The predicted octanol–water partition coefficient (Wildman–Crippen LogP) is 5.74. The Morgan fingerprint density at radius 2 is 1.46 bits per heavy atom. The van der Waals surface area contributed by atoms with E-state index in [2.05, 4.69) is 10.1 Å². The third kappa shape index (κ3) is 5.71. The largest absolute Gasteiger partial charge is 0.411 e. The Kier molecular flexibility index (Phi) is 8.19. The van der Waals surface area contributed by atoms with E-state index in [4.69, 9.17) is 11.6 Å². The van der Waals surface area contributed by atoms with Gasteiger partial charge in [0.25, 0.3) is 0 Å². The monoisotopic (exact) mass is 406 g/mol. The van der Waals surface area contributed by atoms with Crippen molar-refractivity contribution in [2.24, 2.45) is 5.16 Å². The van der Waals surface area contributed by atoms with Gasteiger partial charge in [0.1, 0.15) is 0 Å². The summed E-state index contributed by atoms with van der Waals surface area (Å²) in [4.78, 5) is 2.44. The molecule has 2 aliphatic rings. The average Bonchev–Trinajstić information content (AvgIpc) is 2.70. The third-order valence-corrected chi connectivity index (χ3v) is 6.87. The lowest BCUT2D eigenvalue weighted by molar-refractivity contribution is -0.0310. The van der Waals surface area contributed by atoms with Crippen molar-refractivity contribution >= 4 is 17.3 Å². The van der Waals surface area contributed by atoms with Crippen molar-refractivity contribution in [1.82, 2.24) is 4.90 Å². The van der Waals surface area contributed by atoms with Crippen LogP contribution >= 0.6 is 11.6 Å². The molecule has 1 heterocycles. The van der Waals surface area contributed by atoms with Gasteiger partial charge in [-0.3, -0.25) is 4.90 Å². The fourth-order valence-electron chi connectivity index (χ4n) is 4.80. The van der Waals surface area contributed by atoms with Crippen LogP contribution in [0.5, 0.6) is 0 Å². The van der Waals surface area contributed by atoms with E-state index in [1.165, 1.54) is 44.9 Å². The van der Waals surface area contributed by atoms with Gasteiger partial charge >= 0.3 is 0 Å². The normalized spacial score (nSPS) is 27.1. The molecule has 1 aliphatic carbocycles. The van der Waals surface area contributed by atoms with Crippen molar-refractivity contribution in [3.8, 4) is 0 Å². The number of halogens is 1. The van der Waals surface area contributed by atoms with E-state index in [1.807, 2.05) is 24.3 Å². The number of hydrogen-bond acceptors (Lipinski definition) is 4. The van der Waals surface area contributed by atoms with E-state index in [1.54, 1.807) is 0 Å². The van der Waals surface area contributed by atoms with Crippen molar-refractivity contribution in [1.29, 1.82) is 0 Å². The quantitative estimate of drug-likeness (QED) is 0.486. The first-order chi connectivity index (χ1) is 13.6. The topological polar surface area (TPSA) is 56.1 Å². The summed E-state index contributed by atoms with van der Waals surface area (Å²) in [5.74, 6) is 0. The van der Waals surface area contributed by atoms with Gasteiger partial charge in [0.05, 0.1) is 17.4 Å². The second-order valence-corrected chi connectivity index (χ2v) is 8.99. The molecule has 156 valence electrons. The van der Waals surface area contributed by atoms with Crippen LogP contribution in [0.1, 0.15) is 82.6 Å². The zero-order chi connectivity index (χ0) is 19.8. The van der Waals surface area contributed by atoms with E-state index in [0.29, 0.717) is 17.9 Å². The molecule has 1 atom stereocenters. The van der Waals surface area contributed by atoms with Crippen LogP contribution in [0.25, 0.3) is 0 Å². The molecule has 0 bridgehead atoms. The first-order valence-electron chi connectivity index (χ1n) is 11.1. The number of rotatable bonds is 2. The minimum atomic E-state index is -0.789. The molecule has 1 aromatic carbocycles. The Morgan fingerprint density at radius 1 is 0.893 bits per heavy atom. The maximum Gasteiger partial charge on any atom is 0.0920 e. The van der Waals surface area contributed by atoms with Crippen molar-refractivity contribution in [2.75, 3.05) is 13.1 Å². The minimum Gasteiger partial charge on any atom is -0.411 e. The van der Waals surface area contributed by atoms with Gasteiger partial charge in [0.15, 0.2) is 0 Å². The van der Waals surface area contributed by atoms with Crippen LogP contribution in [0.4, 0.5) is 0 Å². The molecule has 1 aromatic rings. The average molecular weight is 407 g/mol. The summed E-state index contributed by atoms with van der Waals surface area (Å²) in [6.07, 6.45) is 13.4. The standard InChI is InChI=1S/C23H35ClN2O2/c24-20-13-11-19(12-14-20)23(27)15-17-26(18-16-23)22-10-8-6-4-2-1-3-5-7-9-21(22)25-28/h11-14,22,27-28H,1-10,15-18H2/b25-21+/t22-/m0/s1. The van der Waals surface area contributed by atoms with E-state index < -0.39 is 5.60 Å². The molecule has 0 amide bonds. The second-order valence-electron chi connectivity index (χ2n) is 8.55. The molecule has 1 saturated carbocycles. The molecule has 3 rings (SSSR count). The molecule has 0 spiro atoms. The minimum absolute atomic E-state index is 0.208. The predicted molar refractivity (Wildman–Crippen MR) is 115 cm³/mol. The molecule has 0 aromatic heterocycles. The first-order valence-corrected chi connectivity index (χ1v) is 11.4. The highest BCUT2D eigenvalue weighted by molar-refractivity contribution is 6.30. The van der Waals surface area contributed by atoms with Gasteiger partial charge in [-0.15, -0.1) is 0 Å². The summed E-state index contributed by atoms with van der Waals surface area (Å²) in [6.45, 7) is 1.64. The molecule has 1 aliphatic heterocycles. The highest BCUT2D eigenvalue weighted by Crippen LogP contribution is 2.35. The van der Waals surface area contributed by atoms with Crippen LogP contribution in [0, 0.1) is 0 Å². The smallest absolute Gasteiger partial charge is 0.0920 e. The van der Waals surface area contributed by atoms with Gasteiger partial charge in [-0.25, -0.2) is 0 Å². The summed E-state index contributed by atoms with van der Waals surface area (Å²) in [7, 11) is 0. The Hall–Kier alpha value is -1.10. The van der Waals surface area contributed by atoms with Gasteiger partial charge < -0.3 is 10.3 Å². The van der Waals surface area contributed by atoms with E-state index in [0.717, 1.165) is 43.6 Å². The number of benzene rings is 1. The van der Waals surface area contributed by atoms with E-state index >= 15 is 0 Å². The summed E-state index contributed by atoms with van der Waals surface area (Å²) in [5.41, 5.74) is 1.10. The lowest BCUT2D eigenvalue weighted by Crippen LogP contribution is -2.49. The third-order valence-electron chi connectivity index (χ3n) is 6.62. The second kappa shape index (κ2) is 10.6. The van der Waals surface area contributed by atoms with Gasteiger partial charge in [-0.1, -0.05) is 73.8 Å². The summed E-state index contributed by atoms with van der Waals surface area (Å²) in [6, 6.07) is 7.79. The number of piperidine rings is 1. The molecule has 28 heavy (non-hydrogen) atoms. The Balaban J connectivity index is 1.65. The number of oxime groups is 1. The number of nitrogens with zero attached hydrogens (tertiary/aromatic N) is 2. The van der Waals surface area contributed by atoms with Crippen LogP contribution in [0.2, 0.25) is 5.02 Å². The zero-order valence-electron chi connectivity index (χ0n) is 17.0. The van der Waals surface area contributed by atoms with E-state index in [-0.39, 0.29) is 6.04 Å². The van der Waals surface area contributed by atoms with Gasteiger partial charge in [-0.2, -0.15) is 0 Å². The molecule has 5 heteroatoms. The summed E-state index contributed by atoms with van der Waals surface area (Å²) >= 11 is 6.00. The van der Waals surface area contributed by atoms with Gasteiger partial charge in [0, 0.05) is 18.1 Å². The van der Waals surface area contributed by atoms with Crippen molar-refractivity contribution in [3.05, 3.63) is 34.9 Å². The van der Waals surface area contributed by atoms with Crippen LogP contribution in [-0.2, 0) is 5.60 Å². The van der Waals surface area contributed by atoms with Crippen LogP contribution in [0.3, 0.4) is 0 Å². The highest BCUT2D eigenvalue weighted by atomic mass is 35.5. The Morgan fingerprint density at radius 3 is 2.07 bits per heavy atom. The van der Waals surface area contributed by atoms with Crippen LogP contribution in [-0.4, -0.2) is 40.1 Å². The fourth-order valence-corrected chi connectivity index (χ4v) is 4.93. The Labute approximate surface area is 174 Å². The van der Waals surface area contributed by atoms with Crippen molar-refractivity contribution in [3.63, 3.8) is 0 Å². The van der Waals surface area contributed by atoms with Gasteiger partial charge in [0.2, 0.25) is 0 Å². The maximum atomic E-state index is 11.2.